The molecule has 13 heteroatoms. The van der Waals surface area contributed by atoms with Crippen LogP contribution in [0.1, 0.15) is 63.3 Å². The van der Waals surface area contributed by atoms with Gasteiger partial charge in [0, 0.05) is 31.2 Å². The van der Waals surface area contributed by atoms with Crippen LogP contribution in [-0.2, 0) is 27.3 Å². The second-order valence-electron chi connectivity index (χ2n) is 12.1. The van der Waals surface area contributed by atoms with Gasteiger partial charge in [-0.2, -0.15) is 9.69 Å². The standard InChI is InChI=1S/C33H38N4O9/c1-22-28-20-27(45-17-7-15-34(32(41)46-33(2,3)4)29-8-5-6-16-36(29)42)14-11-24(28)18-25(19-30(38)39)31(40)35(22)21-23-9-12-26(13-10-23)37(43)44/h5-6,8-14,16,20,22,25H,7,15,17-19,21H2,1-4H3,(H,38,39). The molecule has 2 atom stereocenters. The van der Waals surface area contributed by atoms with Crippen molar-refractivity contribution in [1.29, 1.82) is 0 Å². The summed E-state index contributed by atoms with van der Waals surface area (Å²) in [5, 5.41) is 33.0. The summed E-state index contributed by atoms with van der Waals surface area (Å²) >= 11 is 0. The third kappa shape index (κ3) is 8.49. The second kappa shape index (κ2) is 14.3. The van der Waals surface area contributed by atoms with E-state index in [2.05, 4.69) is 0 Å². The third-order valence-electron chi connectivity index (χ3n) is 7.54. The molecule has 0 radical (unpaired) electrons. The first-order valence-electron chi connectivity index (χ1n) is 14.9. The number of ether oxygens (including phenoxy) is 2. The van der Waals surface area contributed by atoms with Crippen LogP contribution in [0.15, 0.2) is 66.9 Å². The van der Waals surface area contributed by atoms with Crippen LogP contribution in [0.2, 0.25) is 0 Å². The number of carboxylic acids is 1. The summed E-state index contributed by atoms with van der Waals surface area (Å²) in [4.78, 5) is 51.7. The van der Waals surface area contributed by atoms with Gasteiger partial charge < -0.3 is 24.7 Å². The zero-order valence-electron chi connectivity index (χ0n) is 26.3. The lowest BCUT2D eigenvalue weighted by atomic mass is 9.93. The molecule has 1 aromatic heterocycles. The Morgan fingerprint density at radius 2 is 1.85 bits per heavy atom. The smallest absolute Gasteiger partial charge is 0.507 e. The molecule has 2 unspecified atom stereocenters. The topological polar surface area (TPSA) is 166 Å². The Bertz CT molecular complexity index is 1590. The number of carbonyl (C=O) groups excluding carboxylic acids is 2. The predicted molar refractivity (Wildman–Crippen MR) is 167 cm³/mol. The molecular weight excluding hydrogens is 596 g/mol. The van der Waals surface area contributed by atoms with Gasteiger partial charge in [-0.1, -0.05) is 24.3 Å². The van der Waals surface area contributed by atoms with Crippen LogP contribution in [0.4, 0.5) is 16.3 Å². The molecule has 2 amide bonds. The van der Waals surface area contributed by atoms with E-state index < -0.39 is 34.5 Å². The predicted octanol–water partition coefficient (Wildman–Crippen LogP) is 5.18. The molecule has 3 aromatic rings. The maximum atomic E-state index is 13.6. The van der Waals surface area contributed by atoms with Gasteiger partial charge in [0.1, 0.15) is 17.9 Å². The number of fused-ring (bicyclic) bond motifs is 1. The van der Waals surface area contributed by atoms with Gasteiger partial charge in [-0.3, -0.25) is 19.7 Å². The van der Waals surface area contributed by atoms with Crippen molar-refractivity contribution < 1.29 is 38.6 Å². The summed E-state index contributed by atoms with van der Waals surface area (Å²) in [7, 11) is 0. The van der Waals surface area contributed by atoms with E-state index in [-0.39, 0.29) is 50.0 Å². The van der Waals surface area contributed by atoms with Crippen LogP contribution in [0.3, 0.4) is 0 Å². The number of pyridine rings is 1. The third-order valence-corrected chi connectivity index (χ3v) is 7.54. The van der Waals surface area contributed by atoms with E-state index in [1.165, 1.54) is 29.3 Å². The van der Waals surface area contributed by atoms with Crippen molar-refractivity contribution >= 4 is 29.5 Å². The van der Waals surface area contributed by atoms with Gasteiger partial charge in [0.05, 0.1) is 36.1 Å². The van der Waals surface area contributed by atoms with Gasteiger partial charge in [-0.15, -0.1) is 0 Å². The fourth-order valence-corrected chi connectivity index (χ4v) is 5.35. The zero-order chi connectivity index (χ0) is 33.6. The van der Waals surface area contributed by atoms with Crippen molar-refractivity contribution in [3.05, 3.63) is 98.9 Å². The molecule has 13 nitrogen and oxygen atoms in total. The Hall–Kier alpha value is -5.20. The first-order valence-corrected chi connectivity index (χ1v) is 14.9. The summed E-state index contributed by atoms with van der Waals surface area (Å²) < 4.78 is 12.2. The first-order chi connectivity index (χ1) is 21.7. The lowest BCUT2D eigenvalue weighted by Crippen LogP contribution is -2.44. The van der Waals surface area contributed by atoms with E-state index in [0.29, 0.717) is 22.5 Å². The van der Waals surface area contributed by atoms with E-state index in [1.54, 1.807) is 56.0 Å². The molecule has 0 saturated heterocycles. The summed E-state index contributed by atoms with van der Waals surface area (Å²) in [6.45, 7) is 7.57. The number of carboxylic acid groups (broad SMARTS) is 1. The molecule has 46 heavy (non-hydrogen) atoms. The van der Waals surface area contributed by atoms with Crippen molar-refractivity contribution in [2.75, 3.05) is 18.1 Å². The first kappa shape index (κ1) is 33.7. The van der Waals surface area contributed by atoms with E-state index in [4.69, 9.17) is 9.47 Å². The van der Waals surface area contributed by atoms with E-state index in [0.717, 1.165) is 11.1 Å². The zero-order valence-corrected chi connectivity index (χ0v) is 26.3. The minimum atomic E-state index is -1.08. The molecule has 1 N–H and O–H groups in total. The van der Waals surface area contributed by atoms with Gasteiger partial charge in [-0.25, -0.2) is 4.73 Å². The Morgan fingerprint density at radius 1 is 1.13 bits per heavy atom. The average molecular weight is 635 g/mol. The molecule has 244 valence electrons. The highest BCUT2D eigenvalue weighted by atomic mass is 16.6. The number of rotatable bonds is 11. The van der Waals surface area contributed by atoms with Gasteiger partial charge >= 0.3 is 12.1 Å². The quantitative estimate of drug-likeness (QED) is 0.0983. The van der Waals surface area contributed by atoms with Gasteiger partial charge in [0.2, 0.25) is 5.91 Å². The molecule has 0 aliphatic carbocycles. The summed E-state index contributed by atoms with van der Waals surface area (Å²) in [5.74, 6) is -1.53. The molecule has 4 rings (SSSR count). The Balaban J connectivity index is 1.51. The van der Waals surface area contributed by atoms with E-state index >= 15 is 0 Å². The highest BCUT2D eigenvalue weighted by Crippen LogP contribution is 2.36. The SMILES string of the molecule is CC1c2cc(OCCCN(C(=O)OC(C)(C)C)c3cccc[n+]3[O-])ccc2CC(CC(=O)O)C(=O)N1Cc1ccc([N+](=O)[O-])cc1. The maximum Gasteiger partial charge on any atom is 0.507 e. The Kier molecular flexibility index (Phi) is 10.5. The minimum Gasteiger partial charge on any atom is -0.711 e. The Labute approximate surface area is 266 Å². The number of amides is 2. The van der Waals surface area contributed by atoms with Crippen molar-refractivity contribution in [2.45, 2.75) is 65.1 Å². The molecule has 1 aliphatic heterocycles. The molecule has 0 spiro atoms. The lowest BCUT2D eigenvalue weighted by Gasteiger charge is -2.30. The monoisotopic (exact) mass is 634 g/mol. The number of nitro benzene ring substituents is 1. The molecule has 0 saturated carbocycles. The molecule has 0 bridgehead atoms. The van der Waals surface area contributed by atoms with Crippen molar-refractivity contribution in [1.82, 2.24) is 4.90 Å². The van der Waals surface area contributed by atoms with Crippen LogP contribution >= 0.6 is 0 Å². The van der Waals surface area contributed by atoms with E-state index in [9.17, 15) is 34.8 Å². The average Bonchev–Trinajstić information content (AvgIpc) is 3.07. The Morgan fingerprint density at radius 3 is 2.48 bits per heavy atom. The molecular formula is C33H38N4O9. The number of hydrogen-bond acceptors (Lipinski definition) is 8. The van der Waals surface area contributed by atoms with Crippen LogP contribution in [0, 0.1) is 21.2 Å². The molecule has 1 aliphatic rings. The summed E-state index contributed by atoms with van der Waals surface area (Å²) in [6, 6.07) is 15.6. The van der Waals surface area contributed by atoms with Crippen LogP contribution < -0.4 is 14.4 Å². The van der Waals surface area contributed by atoms with Gasteiger partial charge in [-0.05, 0) is 69.0 Å². The lowest BCUT2D eigenvalue weighted by molar-refractivity contribution is -0.591. The van der Waals surface area contributed by atoms with Crippen LogP contribution in [-0.4, -0.2) is 51.7 Å². The summed E-state index contributed by atoms with van der Waals surface area (Å²) in [5.41, 5.74) is 1.46. The van der Waals surface area contributed by atoms with Crippen molar-refractivity contribution in [3.63, 3.8) is 0 Å². The molecule has 2 aromatic carbocycles. The largest absolute Gasteiger partial charge is 0.711 e. The second-order valence-corrected chi connectivity index (χ2v) is 12.1. The molecule has 0 fully saturated rings. The van der Waals surface area contributed by atoms with Gasteiger partial charge in [0.25, 0.3) is 11.5 Å². The fraction of sp³-hybridized carbons (Fsp3) is 0.394. The van der Waals surface area contributed by atoms with Crippen molar-refractivity contribution in [2.24, 2.45) is 5.92 Å². The maximum absolute atomic E-state index is 13.6. The van der Waals surface area contributed by atoms with Gasteiger partial charge in [0.15, 0.2) is 0 Å². The molecule has 2 heterocycles. The number of carbonyl (C=O) groups is 3. The number of aromatic nitrogens is 1. The highest BCUT2D eigenvalue weighted by molar-refractivity contribution is 5.86. The number of aliphatic carboxylic acids is 1. The number of nitrogens with zero attached hydrogens (tertiary/aromatic N) is 4. The van der Waals surface area contributed by atoms with Crippen LogP contribution in [0.5, 0.6) is 5.75 Å². The number of non-ortho nitro benzene ring substituents is 1. The summed E-state index contributed by atoms with van der Waals surface area (Å²) in [6.07, 6.45) is 0.914. The number of nitro groups is 1. The minimum absolute atomic E-state index is 0.0694. The normalized spacial score (nSPS) is 16.3. The highest BCUT2D eigenvalue weighted by Gasteiger charge is 2.36. The van der Waals surface area contributed by atoms with E-state index in [1.807, 2.05) is 19.1 Å². The van der Waals surface area contributed by atoms with Crippen LogP contribution in [0.25, 0.3) is 0 Å². The van der Waals surface area contributed by atoms with Crippen molar-refractivity contribution in [3.8, 4) is 5.75 Å². The fourth-order valence-electron chi connectivity index (χ4n) is 5.35. The number of benzene rings is 2. The number of anilines is 1. The number of hydrogen-bond donors (Lipinski definition) is 1.